The molecule has 1 amide bonds. The second-order valence-electron chi connectivity index (χ2n) is 7.60. The maximum atomic E-state index is 12.8. The number of nitrogens with one attached hydrogen (secondary N) is 1. The summed E-state index contributed by atoms with van der Waals surface area (Å²) in [5.41, 5.74) is 5.61. The van der Waals surface area contributed by atoms with Gasteiger partial charge in [0.15, 0.2) is 12.3 Å². The van der Waals surface area contributed by atoms with Crippen molar-refractivity contribution in [2.75, 3.05) is 12.0 Å². The van der Waals surface area contributed by atoms with E-state index in [2.05, 4.69) is 29.4 Å². The predicted molar refractivity (Wildman–Crippen MR) is 118 cm³/mol. The van der Waals surface area contributed by atoms with Gasteiger partial charge in [0.05, 0.1) is 11.9 Å². The van der Waals surface area contributed by atoms with Crippen molar-refractivity contribution >= 4 is 16.9 Å². The van der Waals surface area contributed by atoms with E-state index in [1.165, 1.54) is 18.1 Å². The molecule has 0 fully saturated rings. The molecule has 0 aliphatic carbocycles. The van der Waals surface area contributed by atoms with Crippen molar-refractivity contribution in [1.82, 2.24) is 19.4 Å². The van der Waals surface area contributed by atoms with E-state index >= 15 is 0 Å². The molecular weight excluding hydrogens is 394 g/mol. The normalized spacial score (nSPS) is 11.1. The lowest BCUT2D eigenvalue weighted by Crippen LogP contribution is -2.35. The van der Waals surface area contributed by atoms with Crippen molar-refractivity contribution < 1.29 is 9.53 Å². The smallest absolute Gasteiger partial charge is 0.283 e. The Kier molecular flexibility index (Phi) is 5.53. The van der Waals surface area contributed by atoms with E-state index in [1.54, 1.807) is 4.68 Å². The molecule has 0 aliphatic heterocycles. The lowest BCUT2D eigenvalue weighted by atomic mass is 10.0. The second-order valence-corrected chi connectivity index (χ2v) is 7.60. The largest absolute Gasteiger partial charge is 0.484 e. The van der Waals surface area contributed by atoms with Crippen LogP contribution in [0.2, 0.25) is 0 Å². The molecule has 158 valence electrons. The SMILES string of the molecule is Cc1ccc(-n2ncc3c(=O)n(NC(=O)COc4ccc(C(C)C)cc4)cnc32)cc1. The summed E-state index contributed by atoms with van der Waals surface area (Å²) in [5.74, 6) is 0.531. The number of rotatable bonds is 6. The lowest BCUT2D eigenvalue weighted by molar-refractivity contribution is -0.119. The molecular formula is C23H23N5O3. The summed E-state index contributed by atoms with van der Waals surface area (Å²) < 4.78 is 8.14. The Morgan fingerprint density at radius 3 is 2.48 bits per heavy atom. The van der Waals surface area contributed by atoms with Crippen LogP contribution < -0.4 is 15.7 Å². The maximum Gasteiger partial charge on any atom is 0.283 e. The van der Waals surface area contributed by atoms with Gasteiger partial charge in [0, 0.05) is 0 Å². The van der Waals surface area contributed by atoms with Crippen molar-refractivity contribution in [3.05, 3.63) is 82.5 Å². The molecule has 0 aliphatic rings. The van der Waals surface area contributed by atoms with Gasteiger partial charge >= 0.3 is 0 Å². The quantitative estimate of drug-likeness (QED) is 0.520. The van der Waals surface area contributed by atoms with E-state index in [0.717, 1.165) is 15.9 Å². The number of amides is 1. The average molecular weight is 417 g/mol. The topological polar surface area (TPSA) is 91.0 Å². The number of carbonyl (C=O) groups is 1. The fourth-order valence-corrected chi connectivity index (χ4v) is 3.13. The highest BCUT2D eigenvalue weighted by molar-refractivity contribution is 5.85. The zero-order chi connectivity index (χ0) is 22.0. The number of benzene rings is 2. The van der Waals surface area contributed by atoms with Gasteiger partial charge in [-0.15, -0.1) is 0 Å². The van der Waals surface area contributed by atoms with E-state index in [4.69, 9.17) is 4.74 Å². The van der Waals surface area contributed by atoms with Gasteiger partial charge in [-0.25, -0.2) is 14.3 Å². The lowest BCUT2D eigenvalue weighted by Gasteiger charge is -2.10. The van der Waals surface area contributed by atoms with Gasteiger partial charge in [-0.3, -0.25) is 15.0 Å². The summed E-state index contributed by atoms with van der Waals surface area (Å²) in [6, 6.07) is 15.3. The van der Waals surface area contributed by atoms with Crippen molar-refractivity contribution in [2.24, 2.45) is 0 Å². The Morgan fingerprint density at radius 1 is 1.10 bits per heavy atom. The number of hydrogen-bond acceptors (Lipinski definition) is 5. The summed E-state index contributed by atoms with van der Waals surface area (Å²) in [6.07, 6.45) is 2.71. The van der Waals surface area contributed by atoms with Crippen molar-refractivity contribution in [3.63, 3.8) is 0 Å². The summed E-state index contributed by atoms with van der Waals surface area (Å²) in [4.78, 5) is 29.3. The van der Waals surface area contributed by atoms with Gasteiger partial charge in [0.25, 0.3) is 11.5 Å². The third-order valence-electron chi connectivity index (χ3n) is 4.93. The highest BCUT2D eigenvalue weighted by atomic mass is 16.5. The highest BCUT2D eigenvalue weighted by Gasteiger charge is 2.13. The van der Waals surface area contributed by atoms with Gasteiger partial charge in [-0.2, -0.15) is 5.10 Å². The number of carbonyl (C=O) groups excluding carboxylic acids is 1. The van der Waals surface area contributed by atoms with Crippen LogP contribution in [0.15, 0.2) is 65.8 Å². The second kappa shape index (κ2) is 8.43. The summed E-state index contributed by atoms with van der Waals surface area (Å²) >= 11 is 0. The van der Waals surface area contributed by atoms with Gasteiger partial charge < -0.3 is 4.74 Å². The molecule has 0 bridgehead atoms. The first-order chi connectivity index (χ1) is 14.9. The third kappa shape index (κ3) is 4.32. The molecule has 1 N–H and O–H groups in total. The fourth-order valence-electron chi connectivity index (χ4n) is 3.13. The molecule has 8 nitrogen and oxygen atoms in total. The molecule has 2 aromatic heterocycles. The molecule has 31 heavy (non-hydrogen) atoms. The molecule has 0 atom stereocenters. The standard InChI is InChI=1S/C23H23N5O3/c1-15(2)17-6-10-19(11-7-17)31-13-21(29)26-27-14-24-22-20(23(27)30)12-25-28(22)18-8-4-16(3)5-9-18/h4-12,14-15H,13H2,1-3H3,(H,26,29). The van der Waals surface area contributed by atoms with Crippen LogP contribution in [0.1, 0.15) is 30.9 Å². The van der Waals surface area contributed by atoms with Gasteiger partial charge in [0.1, 0.15) is 17.5 Å². The Morgan fingerprint density at radius 2 is 1.81 bits per heavy atom. The number of aryl methyl sites for hydroxylation is 1. The van der Waals surface area contributed by atoms with Crippen molar-refractivity contribution in [2.45, 2.75) is 26.7 Å². The Balaban J connectivity index is 1.47. The minimum absolute atomic E-state index is 0.228. The summed E-state index contributed by atoms with van der Waals surface area (Å²) in [7, 11) is 0. The first kappa shape index (κ1) is 20.3. The first-order valence-corrected chi connectivity index (χ1v) is 9.97. The Hall–Kier alpha value is -3.94. The van der Waals surface area contributed by atoms with Crippen LogP contribution >= 0.6 is 0 Å². The minimum atomic E-state index is -0.470. The maximum absolute atomic E-state index is 12.8. The predicted octanol–water partition coefficient (Wildman–Crippen LogP) is 3.16. The number of hydrogen-bond donors (Lipinski definition) is 1. The average Bonchev–Trinajstić information content (AvgIpc) is 3.20. The van der Waals surface area contributed by atoms with Gasteiger partial charge in [-0.05, 0) is 42.7 Å². The number of nitrogens with zero attached hydrogens (tertiary/aromatic N) is 4. The minimum Gasteiger partial charge on any atom is -0.484 e. The van der Waals surface area contributed by atoms with Gasteiger partial charge in [-0.1, -0.05) is 43.7 Å². The van der Waals surface area contributed by atoms with Crippen LogP contribution in [-0.4, -0.2) is 32.0 Å². The Labute approximate surface area is 179 Å². The number of fused-ring (bicyclic) bond motifs is 1. The van der Waals surface area contributed by atoms with Gasteiger partial charge in [0.2, 0.25) is 0 Å². The van der Waals surface area contributed by atoms with E-state index < -0.39 is 11.5 Å². The Bertz CT molecular complexity index is 1270. The molecule has 4 aromatic rings. The van der Waals surface area contributed by atoms with E-state index in [-0.39, 0.29) is 6.61 Å². The molecule has 2 heterocycles. The number of ether oxygens (including phenoxy) is 1. The monoisotopic (exact) mass is 417 g/mol. The molecule has 0 saturated carbocycles. The van der Waals surface area contributed by atoms with Crippen LogP contribution in [0.4, 0.5) is 0 Å². The molecule has 4 rings (SSSR count). The van der Waals surface area contributed by atoms with E-state index in [0.29, 0.717) is 22.7 Å². The third-order valence-corrected chi connectivity index (χ3v) is 4.93. The first-order valence-electron chi connectivity index (χ1n) is 9.97. The number of aromatic nitrogens is 4. The molecule has 0 radical (unpaired) electrons. The van der Waals surface area contributed by atoms with Crippen LogP contribution in [0.5, 0.6) is 5.75 Å². The van der Waals surface area contributed by atoms with Crippen molar-refractivity contribution in [1.29, 1.82) is 0 Å². The molecule has 2 aromatic carbocycles. The summed E-state index contributed by atoms with van der Waals surface area (Å²) in [5, 5.41) is 4.57. The van der Waals surface area contributed by atoms with Crippen LogP contribution in [0.25, 0.3) is 16.7 Å². The fraction of sp³-hybridized carbons (Fsp3) is 0.217. The highest BCUT2D eigenvalue weighted by Crippen LogP contribution is 2.18. The zero-order valence-corrected chi connectivity index (χ0v) is 17.6. The van der Waals surface area contributed by atoms with Crippen LogP contribution in [0.3, 0.4) is 0 Å². The zero-order valence-electron chi connectivity index (χ0n) is 17.6. The molecule has 0 unspecified atom stereocenters. The van der Waals surface area contributed by atoms with Crippen molar-refractivity contribution in [3.8, 4) is 11.4 Å². The van der Waals surface area contributed by atoms with Crippen LogP contribution in [0, 0.1) is 6.92 Å². The molecule has 0 saturated heterocycles. The molecule has 8 heteroatoms. The molecule has 0 spiro atoms. The summed E-state index contributed by atoms with van der Waals surface area (Å²) in [6.45, 7) is 5.98. The van der Waals surface area contributed by atoms with E-state index in [9.17, 15) is 9.59 Å². The van der Waals surface area contributed by atoms with Crippen LogP contribution in [-0.2, 0) is 4.79 Å². The van der Waals surface area contributed by atoms with E-state index in [1.807, 2.05) is 55.5 Å².